The van der Waals surface area contributed by atoms with Crippen molar-refractivity contribution in [2.24, 2.45) is 5.92 Å². The van der Waals surface area contributed by atoms with Crippen LogP contribution in [0.5, 0.6) is 0 Å². The lowest BCUT2D eigenvalue weighted by Gasteiger charge is -2.42. The third-order valence-electron chi connectivity index (χ3n) is 4.33. The third kappa shape index (κ3) is 3.23. The summed E-state index contributed by atoms with van der Waals surface area (Å²) < 4.78 is 5.25. The van der Waals surface area contributed by atoms with Crippen molar-refractivity contribution in [1.82, 2.24) is 9.80 Å². The van der Waals surface area contributed by atoms with Crippen LogP contribution in [0.2, 0.25) is 0 Å². The molecule has 1 saturated carbocycles. The zero-order chi connectivity index (χ0) is 13.0. The number of ether oxygens (including phenoxy) is 1. The Bertz CT molecular complexity index is 275. The Labute approximate surface area is 110 Å². The molecule has 18 heavy (non-hydrogen) atoms. The summed E-state index contributed by atoms with van der Waals surface area (Å²) in [6.45, 7) is 6.82. The lowest BCUT2D eigenvalue weighted by atomic mass is 9.83. The fourth-order valence-electron chi connectivity index (χ4n) is 3.23. The molecule has 2 fully saturated rings. The molecule has 0 unspecified atom stereocenters. The van der Waals surface area contributed by atoms with Crippen molar-refractivity contribution in [1.29, 1.82) is 0 Å². The van der Waals surface area contributed by atoms with E-state index in [1.807, 2.05) is 6.92 Å². The number of hydrogen-bond acceptors (Lipinski definition) is 4. The first-order valence-electron chi connectivity index (χ1n) is 7.31. The first-order valence-corrected chi connectivity index (χ1v) is 7.31. The van der Waals surface area contributed by atoms with Crippen LogP contribution in [-0.4, -0.2) is 61.6 Å². The Morgan fingerprint density at radius 2 is 1.83 bits per heavy atom. The second kappa shape index (κ2) is 6.53. The number of nitrogens with zero attached hydrogens (tertiary/aromatic N) is 2. The van der Waals surface area contributed by atoms with E-state index in [-0.39, 0.29) is 11.9 Å². The zero-order valence-corrected chi connectivity index (χ0v) is 11.7. The number of piperazine rings is 1. The lowest BCUT2D eigenvalue weighted by Crippen LogP contribution is -2.53. The molecule has 2 atom stereocenters. The van der Waals surface area contributed by atoms with Gasteiger partial charge in [0.1, 0.15) is 0 Å². The van der Waals surface area contributed by atoms with Gasteiger partial charge >= 0.3 is 5.97 Å². The highest BCUT2D eigenvalue weighted by Gasteiger charge is 2.36. The smallest absolute Gasteiger partial charge is 0.310 e. The van der Waals surface area contributed by atoms with E-state index in [0.717, 1.165) is 39.0 Å². The minimum absolute atomic E-state index is 0.0288. The van der Waals surface area contributed by atoms with Gasteiger partial charge in [0, 0.05) is 32.2 Å². The Morgan fingerprint density at radius 1 is 1.17 bits per heavy atom. The Kier molecular flexibility index (Phi) is 5.01. The molecule has 1 heterocycles. The number of likely N-dealkylation sites (N-methyl/N-ethyl adjacent to an activating group) is 1. The summed E-state index contributed by atoms with van der Waals surface area (Å²) in [5.74, 6) is 0.142. The van der Waals surface area contributed by atoms with Gasteiger partial charge in [-0.15, -0.1) is 0 Å². The number of esters is 1. The standard InChI is InChI=1S/C14H26N2O2/c1-3-18-14(17)12-6-4-5-7-13(12)16-10-8-15(2)9-11-16/h12-13H,3-11H2,1-2H3/t12-,13-/m0/s1. The van der Waals surface area contributed by atoms with E-state index in [2.05, 4.69) is 16.8 Å². The van der Waals surface area contributed by atoms with Gasteiger partial charge in [0.15, 0.2) is 0 Å². The van der Waals surface area contributed by atoms with Crippen molar-refractivity contribution in [3.8, 4) is 0 Å². The van der Waals surface area contributed by atoms with E-state index in [1.165, 1.54) is 12.8 Å². The van der Waals surface area contributed by atoms with Crippen LogP contribution in [0.25, 0.3) is 0 Å². The quantitative estimate of drug-likeness (QED) is 0.712. The number of carbonyl (C=O) groups is 1. The third-order valence-corrected chi connectivity index (χ3v) is 4.33. The van der Waals surface area contributed by atoms with Crippen LogP contribution in [0, 0.1) is 5.92 Å². The highest BCUT2D eigenvalue weighted by molar-refractivity contribution is 5.73. The van der Waals surface area contributed by atoms with Gasteiger partial charge in [-0.3, -0.25) is 9.69 Å². The Hall–Kier alpha value is -0.610. The van der Waals surface area contributed by atoms with Crippen LogP contribution in [0.4, 0.5) is 0 Å². The normalized spacial score (nSPS) is 31.2. The predicted octanol–water partition coefficient (Wildman–Crippen LogP) is 1.36. The van der Waals surface area contributed by atoms with Gasteiger partial charge in [-0.25, -0.2) is 0 Å². The first-order chi connectivity index (χ1) is 8.72. The second-order valence-corrected chi connectivity index (χ2v) is 5.55. The summed E-state index contributed by atoms with van der Waals surface area (Å²) >= 11 is 0. The maximum absolute atomic E-state index is 12.1. The average molecular weight is 254 g/mol. The molecule has 2 rings (SSSR count). The summed E-state index contributed by atoms with van der Waals surface area (Å²) in [5.41, 5.74) is 0. The lowest BCUT2D eigenvalue weighted by molar-refractivity contribution is -0.152. The molecule has 4 heteroatoms. The van der Waals surface area contributed by atoms with Crippen LogP contribution < -0.4 is 0 Å². The molecular weight excluding hydrogens is 228 g/mol. The molecule has 1 saturated heterocycles. The Morgan fingerprint density at radius 3 is 2.50 bits per heavy atom. The average Bonchev–Trinajstić information content (AvgIpc) is 2.40. The summed E-state index contributed by atoms with van der Waals surface area (Å²) in [4.78, 5) is 16.9. The van der Waals surface area contributed by atoms with Crippen LogP contribution >= 0.6 is 0 Å². The Balaban J connectivity index is 1.96. The van der Waals surface area contributed by atoms with Crippen molar-refractivity contribution in [3.63, 3.8) is 0 Å². The van der Waals surface area contributed by atoms with E-state index >= 15 is 0 Å². The molecule has 104 valence electrons. The zero-order valence-electron chi connectivity index (χ0n) is 11.7. The van der Waals surface area contributed by atoms with Gasteiger partial charge < -0.3 is 9.64 Å². The van der Waals surface area contributed by atoms with Crippen LogP contribution in [0.15, 0.2) is 0 Å². The summed E-state index contributed by atoms with van der Waals surface area (Å²) in [6, 6.07) is 0.423. The number of rotatable bonds is 3. The number of hydrogen-bond donors (Lipinski definition) is 0. The molecule has 0 bridgehead atoms. The summed E-state index contributed by atoms with van der Waals surface area (Å²) in [7, 11) is 2.17. The molecule has 1 aliphatic heterocycles. The maximum atomic E-state index is 12.1. The monoisotopic (exact) mass is 254 g/mol. The second-order valence-electron chi connectivity index (χ2n) is 5.55. The largest absolute Gasteiger partial charge is 0.466 e. The molecule has 0 N–H and O–H groups in total. The molecular formula is C14H26N2O2. The van der Waals surface area contributed by atoms with Crippen molar-refractivity contribution in [3.05, 3.63) is 0 Å². The van der Waals surface area contributed by atoms with E-state index in [1.54, 1.807) is 0 Å². The predicted molar refractivity (Wildman–Crippen MR) is 71.4 cm³/mol. The van der Waals surface area contributed by atoms with Gasteiger partial charge in [-0.05, 0) is 26.8 Å². The van der Waals surface area contributed by atoms with Crippen molar-refractivity contribution < 1.29 is 9.53 Å². The first kappa shape index (κ1) is 13.8. The van der Waals surface area contributed by atoms with Gasteiger partial charge in [0.2, 0.25) is 0 Å². The van der Waals surface area contributed by atoms with Crippen molar-refractivity contribution in [2.45, 2.75) is 38.6 Å². The fraction of sp³-hybridized carbons (Fsp3) is 0.929. The van der Waals surface area contributed by atoms with E-state index < -0.39 is 0 Å². The maximum Gasteiger partial charge on any atom is 0.310 e. The molecule has 0 aromatic heterocycles. The van der Waals surface area contributed by atoms with Gasteiger partial charge in [0.05, 0.1) is 12.5 Å². The van der Waals surface area contributed by atoms with Crippen LogP contribution in [0.1, 0.15) is 32.6 Å². The molecule has 2 aliphatic rings. The molecule has 0 spiro atoms. The SMILES string of the molecule is CCOC(=O)[C@H]1CCCC[C@@H]1N1CCN(C)CC1. The van der Waals surface area contributed by atoms with E-state index in [9.17, 15) is 4.79 Å². The topological polar surface area (TPSA) is 32.8 Å². The van der Waals surface area contributed by atoms with Crippen molar-refractivity contribution >= 4 is 5.97 Å². The van der Waals surface area contributed by atoms with Crippen LogP contribution in [-0.2, 0) is 9.53 Å². The summed E-state index contributed by atoms with van der Waals surface area (Å²) in [6.07, 6.45) is 4.60. The molecule has 1 aliphatic carbocycles. The van der Waals surface area contributed by atoms with Crippen molar-refractivity contribution in [2.75, 3.05) is 39.8 Å². The van der Waals surface area contributed by atoms with Gasteiger partial charge in [-0.2, -0.15) is 0 Å². The minimum atomic E-state index is 0.0288. The minimum Gasteiger partial charge on any atom is -0.466 e. The molecule has 4 nitrogen and oxygen atoms in total. The van der Waals surface area contributed by atoms with E-state index in [0.29, 0.717) is 12.6 Å². The highest BCUT2D eigenvalue weighted by Crippen LogP contribution is 2.30. The molecule has 0 amide bonds. The summed E-state index contributed by atoms with van der Waals surface area (Å²) in [5, 5.41) is 0. The fourth-order valence-corrected chi connectivity index (χ4v) is 3.23. The van der Waals surface area contributed by atoms with E-state index in [4.69, 9.17) is 4.74 Å². The van der Waals surface area contributed by atoms with Gasteiger partial charge in [0.25, 0.3) is 0 Å². The number of carbonyl (C=O) groups excluding carboxylic acids is 1. The molecule has 0 aromatic carbocycles. The van der Waals surface area contributed by atoms with Crippen LogP contribution in [0.3, 0.4) is 0 Å². The van der Waals surface area contributed by atoms with Gasteiger partial charge in [-0.1, -0.05) is 12.8 Å². The highest BCUT2D eigenvalue weighted by atomic mass is 16.5. The molecule has 0 radical (unpaired) electrons. The molecule has 0 aromatic rings.